The second-order valence-corrected chi connectivity index (χ2v) is 6.74. The third-order valence-electron chi connectivity index (χ3n) is 4.92. The van der Waals surface area contributed by atoms with Crippen LogP contribution in [-0.2, 0) is 16.1 Å². The molecule has 1 heterocycles. The molecule has 1 fully saturated rings. The number of aryl methyl sites for hydroxylation is 2. The molecule has 2 aromatic carbocycles. The third-order valence-corrected chi connectivity index (χ3v) is 4.92. The van der Waals surface area contributed by atoms with Crippen molar-refractivity contribution in [2.45, 2.75) is 26.8 Å². The van der Waals surface area contributed by atoms with E-state index < -0.39 is 0 Å². The highest BCUT2D eigenvalue weighted by Crippen LogP contribution is 2.27. The van der Waals surface area contributed by atoms with Gasteiger partial charge >= 0.3 is 0 Å². The lowest BCUT2D eigenvalue weighted by Gasteiger charge is -2.18. The zero-order chi connectivity index (χ0) is 18.7. The number of nitrogens with one attached hydrogen (secondary N) is 1. The fourth-order valence-electron chi connectivity index (χ4n) is 3.10. The average molecular weight is 352 g/mol. The van der Waals surface area contributed by atoms with Gasteiger partial charge in [-0.3, -0.25) is 9.59 Å². The van der Waals surface area contributed by atoms with Crippen molar-refractivity contribution in [3.63, 3.8) is 0 Å². The Morgan fingerprint density at radius 3 is 2.54 bits per heavy atom. The molecule has 0 saturated carbocycles. The van der Waals surface area contributed by atoms with Crippen molar-refractivity contribution in [2.75, 3.05) is 18.6 Å². The van der Waals surface area contributed by atoms with E-state index in [-0.39, 0.29) is 24.2 Å². The Hall–Kier alpha value is -2.82. The van der Waals surface area contributed by atoms with Crippen molar-refractivity contribution in [3.05, 3.63) is 59.2 Å². The summed E-state index contributed by atoms with van der Waals surface area (Å²) in [6, 6.07) is 13.5. The molecule has 1 atom stereocenters. The molecular weight excluding hydrogens is 328 g/mol. The van der Waals surface area contributed by atoms with Crippen LogP contribution >= 0.6 is 0 Å². The van der Waals surface area contributed by atoms with E-state index in [1.54, 1.807) is 12.0 Å². The number of methoxy groups -OCH3 is 1. The first-order chi connectivity index (χ1) is 12.5. The van der Waals surface area contributed by atoms with Crippen molar-refractivity contribution in [3.8, 4) is 5.75 Å². The molecule has 26 heavy (non-hydrogen) atoms. The van der Waals surface area contributed by atoms with Gasteiger partial charge in [0, 0.05) is 25.2 Å². The summed E-state index contributed by atoms with van der Waals surface area (Å²) in [5.41, 5.74) is 4.19. The van der Waals surface area contributed by atoms with Crippen LogP contribution in [0.3, 0.4) is 0 Å². The van der Waals surface area contributed by atoms with Gasteiger partial charge in [-0.1, -0.05) is 18.2 Å². The molecule has 0 aliphatic carbocycles. The number of amides is 2. The highest BCUT2D eigenvalue weighted by molar-refractivity contribution is 6.00. The highest BCUT2D eigenvalue weighted by atomic mass is 16.5. The highest BCUT2D eigenvalue weighted by Gasteiger charge is 2.35. The van der Waals surface area contributed by atoms with Crippen LogP contribution in [0.4, 0.5) is 5.69 Å². The maximum atomic E-state index is 12.5. The third kappa shape index (κ3) is 3.87. The molecular formula is C21H24N2O3. The quantitative estimate of drug-likeness (QED) is 0.900. The van der Waals surface area contributed by atoms with Gasteiger partial charge in [-0.15, -0.1) is 0 Å². The van der Waals surface area contributed by atoms with Gasteiger partial charge < -0.3 is 15.0 Å². The second kappa shape index (κ2) is 7.60. The molecule has 3 rings (SSSR count). The van der Waals surface area contributed by atoms with Crippen LogP contribution in [0.1, 0.15) is 23.1 Å². The number of rotatable bonds is 5. The van der Waals surface area contributed by atoms with Crippen molar-refractivity contribution in [1.29, 1.82) is 0 Å². The molecule has 0 unspecified atom stereocenters. The topological polar surface area (TPSA) is 58.6 Å². The molecule has 1 saturated heterocycles. The van der Waals surface area contributed by atoms with Crippen LogP contribution in [0.5, 0.6) is 5.75 Å². The zero-order valence-electron chi connectivity index (χ0n) is 15.4. The average Bonchev–Trinajstić information content (AvgIpc) is 3.04. The molecule has 1 N–H and O–H groups in total. The minimum absolute atomic E-state index is 0.00199. The number of ether oxygens (including phenoxy) is 1. The van der Waals surface area contributed by atoms with Gasteiger partial charge in [0.1, 0.15) is 5.75 Å². The van der Waals surface area contributed by atoms with Gasteiger partial charge in [0.15, 0.2) is 0 Å². The minimum atomic E-state index is -0.317. The molecule has 0 aromatic heterocycles. The summed E-state index contributed by atoms with van der Waals surface area (Å²) in [5.74, 6) is 0.381. The van der Waals surface area contributed by atoms with Crippen LogP contribution in [0, 0.1) is 19.8 Å². The molecule has 5 heteroatoms. The molecule has 136 valence electrons. The lowest BCUT2D eigenvalue weighted by molar-refractivity contribution is -0.126. The summed E-state index contributed by atoms with van der Waals surface area (Å²) in [7, 11) is 1.62. The van der Waals surface area contributed by atoms with E-state index in [0.29, 0.717) is 13.1 Å². The van der Waals surface area contributed by atoms with Crippen molar-refractivity contribution >= 4 is 17.5 Å². The Balaban J connectivity index is 1.60. The number of anilines is 1. The SMILES string of the molecule is COc1ccc(CNC(=O)[C@@H]2CC(=O)N(c3ccc(C)c(C)c3)C2)cc1. The predicted octanol–water partition coefficient (Wildman–Crippen LogP) is 2.98. The summed E-state index contributed by atoms with van der Waals surface area (Å²) >= 11 is 0. The predicted molar refractivity (Wildman–Crippen MR) is 101 cm³/mol. The second-order valence-electron chi connectivity index (χ2n) is 6.74. The maximum absolute atomic E-state index is 12.5. The molecule has 0 bridgehead atoms. The van der Waals surface area contributed by atoms with Gasteiger partial charge in [0.05, 0.1) is 13.0 Å². The fraction of sp³-hybridized carbons (Fsp3) is 0.333. The monoisotopic (exact) mass is 352 g/mol. The smallest absolute Gasteiger partial charge is 0.227 e. The van der Waals surface area contributed by atoms with Gasteiger partial charge in [-0.05, 0) is 54.8 Å². The van der Waals surface area contributed by atoms with E-state index in [4.69, 9.17) is 4.74 Å². The van der Waals surface area contributed by atoms with Crippen molar-refractivity contribution < 1.29 is 14.3 Å². The minimum Gasteiger partial charge on any atom is -0.497 e. The Bertz CT molecular complexity index is 815. The molecule has 2 aromatic rings. The largest absolute Gasteiger partial charge is 0.497 e. The zero-order valence-corrected chi connectivity index (χ0v) is 15.4. The molecule has 1 aliphatic heterocycles. The van der Waals surface area contributed by atoms with E-state index in [2.05, 4.69) is 5.32 Å². The van der Waals surface area contributed by atoms with E-state index in [1.807, 2.05) is 56.3 Å². The summed E-state index contributed by atoms with van der Waals surface area (Å²) in [6.07, 6.45) is 0.251. The van der Waals surface area contributed by atoms with Crippen molar-refractivity contribution in [2.24, 2.45) is 5.92 Å². The first kappa shape index (κ1) is 18.0. The van der Waals surface area contributed by atoms with Crippen LogP contribution in [0.25, 0.3) is 0 Å². The van der Waals surface area contributed by atoms with Crippen LogP contribution in [0.2, 0.25) is 0 Å². The van der Waals surface area contributed by atoms with E-state index in [9.17, 15) is 9.59 Å². The first-order valence-corrected chi connectivity index (χ1v) is 8.76. The normalized spacial score (nSPS) is 16.7. The maximum Gasteiger partial charge on any atom is 0.227 e. The van der Waals surface area contributed by atoms with Gasteiger partial charge in [-0.25, -0.2) is 0 Å². The number of benzene rings is 2. The molecule has 1 aliphatic rings. The van der Waals surface area contributed by atoms with Crippen molar-refractivity contribution in [1.82, 2.24) is 5.32 Å². The number of carbonyl (C=O) groups is 2. The number of nitrogens with zero attached hydrogens (tertiary/aromatic N) is 1. The summed E-state index contributed by atoms with van der Waals surface area (Å²) in [5, 5.41) is 2.93. The van der Waals surface area contributed by atoms with E-state index >= 15 is 0 Å². The van der Waals surface area contributed by atoms with Crippen LogP contribution < -0.4 is 15.0 Å². The molecule has 5 nitrogen and oxygen atoms in total. The molecule has 0 spiro atoms. The van der Waals surface area contributed by atoms with Crippen LogP contribution in [0.15, 0.2) is 42.5 Å². The number of hydrogen-bond donors (Lipinski definition) is 1. The first-order valence-electron chi connectivity index (χ1n) is 8.76. The summed E-state index contributed by atoms with van der Waals surface area (Å²) in [4.78, 5) is 26.5. The number of hydrogen-bond acceptors (Lipinski definition) is 3. The van der Waals surface area contributed by atoms with Gasteiger partial charge in [0.2, 0.25) is 11.8 Å². The Morgan fingerprint density at radius 1 is 1.15 bits per heavy atom. The Morgan fingerprint density at radius 2 is 1.88 bits per heavy atom. The van der Waals surface area contributed by atoms with E-state index in [1.165, 1.54) is 5.56 Å². The lowest BCUT2D eigenvalue weighted by atomic mass is 10.1. The molecule has 2 amide bonds. The fourth-order valence-corrected chi connectivity index (χ4v) is 3.10. The van der Waals surface area contributed by atoms with Gasteiger partial charge in [0.25, 0.3) is 0 Å². The van der Waals surface area contributed by atoms with Crippen LogP contribution in [-0.4, -0.2) is 25.5 Å². The van der Waals surface area contributed by atoms with E-state index in [0.717, 1.165) is 22.6 Å². The standard InChI is InChI=1S/C21H24N2O3/c1-14-4-7-18(10-15(14)2)23-13-17(11-20(23)24)21(25)22-12-16-5-8-19(26-3)9-6-16/h4-10,17H,11-13H2,1-3H3,(H,22,25)/t17-/m1/s1. The lowest BCUT2D eigenvalue weighted by Crippen LogP contribution is -2.32. The Labute approximate surface area is 154 Å². The van der Waals surface area contributed by atoms with Gasteiger partial charge in [-0.2, -0.15) is 0 Å². The summed E-state index contributed by atoms with van der Waals surface area (Å²) in [6.45, 7) is 4.94. The molecule has 0 radical (unpaired) electrons. The number of carbonyl (C=O) groups excluding carboxylic acids is 2. The Kier molecular flexibility index (Phi) is 5.26. The summed E-state index contributed by atoms with van der Waals surface area (Å²) < 4.78 is 5.13.